The van der Waals surface area contributed by atoms with Gasteiger partial charge in [-0.25, -0.2) is 0 Å². The first-order valence-electron chi connectivity index (χ1n) is 4.88. The molecule has 0 N–H and O–H groups in total. The minimum atomic E-state index is -0.235. The Hall–Kier alpha value is -1.07. The summed E-state index contributed by atoms with van der Waals surface area (Å²) in [7, 11) is 1.52. The topological polar surface area (TPSA) is 46.6 Å². The van der Waals surface area contributed by atoms with Crippen LogP contribution < -0.4 is 9.64 Å². The predicted octanol–water partition coefficient (Wildman–Crippen LogP) is 2.42. The third-order valence-electron chi connectivity index (χ3n) is 2.50. The Morgan fingerprint density at radius 2 is 2.12 bits per heavy atom. The largest absolute Gasteiger partial charge is 0.495 e. The Labute approximate surface area is 112 Å². The van der Waals surface area contributed by atoms with Crippen LogP contribution in [0.2, 0.25) is 5.02 Å². The van der Waals surface area contributed by atoms with Gasteiger partial charge in [0.25, 0.3) is 0 Å². The summed E-state index contributed by atoms with van der Waals surface area (Å²) >= 11 is 9.36. The van der Waals surface area contributed by atoms with Crippen molar-refractivity contribution in [3.63, 3.8) is 0 Å². The molecule has 1 saturated heterocycles. The first-order valence-corrected chi connectivity index (χ1v) is 6.05. The Morgan fingerprint density at radius 1 is 1.41 bits per heavy atom. The van der Waals surface area contributed by atoms with E-state index < -0.39 is 0 Å². The first-order chi connectivity index (χ1) is 8.02. The van der Waals surface area contributed by atoms with Crippen LogP contribution in [0.4, 0.5) is 5.69 Å². The molecule has 0 aromatic heterocycles. The summed E-state index contributed by atoms with van der Waals surface area (Å²) in [4.78, 5) is 24.2. The Morgan fingerprint density at radius 3 is 2.65 bits per heavy atom. The molecule has 4 nitrogen and oxygen atoms in total. The number of hydrogen-bond acceptors (Lipinski definition) is 3. The van der Waals surface area contributed by atoms with Gasteiger partial charge in [-0.2, -0.15) is 0 Å². The number of benzene rings is 1. The lowest BCUT2D eigenvalue weighted by Crippen LogP contribution is -2.24. The maximum Gasteiger partial charge on any atom is 0.234 e. The highest BCUT2D eigenvalue weighted by molar-refractivity contribution is 9.10. The van der Waals surface area contributed by atoms with E-state index in [-0.39, 0.29) is 24.7 Å². The molecule has 0 spiro atoms. The van der Waals surface area contributed by atoms with E-state index in [4.69, 9.17) is 16.3 Å². The van der Waals surface area contributed by atoms with Gasteiger partial charge in [0.15, 0.2) is 5.78 Å². The monoisotopic (exact) mass is 317 g/mol. The van der Waals surface area contributed by atoms with Crippen LogP contribution in [0.3, 0.4) is 0 Å². The molecule has 6 heteroatoms. The number of carbonyl (C=O) groups excluding carboxylic acids is 2. The van der Waals surface area contributed by atoms with Gasteiger partial charge in [-0.15, -0.1) is 0 Å². The van der Waals surface area contributed by atoms with Gasteiger partial charge in [-0.3, -0.25) is 9.59 Å². The van der Waals surface area contributed by atoms with Gasteiger partial charge in [0.1, 0.15) is 5.75 Å². The molecule has 0 bridgehead atoms. The molecular weight excluding hydrogens is 309 g/mol. The molecule has 0 atom stereocenters. The van der Waals surface area contributed by atoms with Crippen LogP contribution in [0.1, 0.15) is 6.42 Å². The van der Waals surface area contributed by atoms with Crippen molar-refractivity contribution in [3.8, 4) is 5.75 Å². The molecule has 0 saturated carbocycles. The number of anilines is 1. The van der Waals surface area contributed by atoms with Crippen molar-refractivity contribution in [2.45, 2.75) is 6.42 Å². The highest BCUT2D eigenvalue weighted by Gasteiger charge is 2.30. The minimum Gasteiger partial charge on any atom is -0.495 e. The van der Waals surface area contributed by atoms with E-state index in [9.17, 15) is 9.59 Å². The smallest absolute Gasteiger partial charge is 0.234 e. The zero-order valence-electron chi connectivity index (χ0n) is 9.00. The standard InChI is InChI=1S/C11H9BrClNO3/c1-17-10-4-9(8(13)3-7(10)12)14-5-6(15)2-11(14)16/h3-4H,2,5H2,1H3. The van der Waals surface area contributed by atoms with Crippen LogP contribution in [0.5, 0.6) is 5.75 Å². The Balaban J connectivity index is 2.45. The SMILES string of the molecule is COc1cc(N2CC(=O)CC2=O)c(Cl)cc1Br. The van der Waals surface area contributed by atoms with Gasteiger partial charge in [0.05, 0.1) is 35.3 Å². The molecular formula is C11H9BrClNO3. The lowest BCUT2D eigenvalue weighted by atomic mass is 10.2. The van der Waals surface area contributed by atoms with Gasteiger partial charge in [-0.05, 0) is 22.0 Å². The fraction of sp³-hybridized carbons (Fsp3) is 0.273. The van der Waals surface area contributed by atoms with Crippen LogP contribution in [-0.4, -0.2) is 25.3 Å². The van der Waals surface area contributed by atoms with Crippen molar-refractivity contribution in [2.24, 2.45) is 0 Å². The predicted molar refractivity (Wildman–Crippen MR) is 67.7 cm³/mol. The fourth-order valence-electron chi connectivity index (χ4n) is 1.69. The quantitative estimate of drug-likeness (QED) is 0.787. The molecule has 1 aromatic carbocycles. The highest BCUT2D eigenvalue weighted by Crippen LogP contribution is 2.37. The molecule has 1 fully saturated rings. The Kier molecular flexibility index (Phi) is 3.40. The van der Waals surface area contributed by atoms with E-state index in [0.717, 1.165) is 0 Å². The molecule has 1 amide bonds. The number of hydrogen-bond donors (Lipinski definition) is 0. The third-order valence-corrected chi connectivity index (χ3v) is 3.42. The van der Waals surface area contributed by atoms with E-state index in [1.54, 1.807) is 12.1 Å². The molecule has 1 aromatic rings. The second-order valence-corrected chi connectivity index (χ2v) is 4.90. The van der Waals surface area contributed by atoms with Gasteiger partial charge < -0.3 is 9.64 Å². The summed E-state index contributed by atoms with van der Waals surface area (Å²) in [5, 5.41) is 0.403. The number of amides is 1. The van der Waals surface area contributed by atoms with Gasteiger partial charge in [0.2, 0.25) is 5.91 Å². The van der Waals surface area contributed by atoms with Crippen molar-refractivity contribution < 1.29 is 14.3 Å². The number of ether oxygens (including phenoxy) is 1. The van der Waals surface area contributed by atoms with Crippen molar-refractivity contribution in [2.75, 3.05) is 18.6 Å². The number of nitrogens with zero attached hydrogens (tertiary/aromatic N) is 1. The van der Waals surface area contributed by atoms with E-state index in [2.05, 4.69) is 15.9 Å². The molecule has 1 aliphatic heterocycles. The zero-order valence-corrected chi connectivity index (χ0v) is 11.3. The lowest BCUT2D eigenvalue weighted by Gasteiger charge is -2.18. The molecule has 0 unspecified atom stereocenters. The van der Waals surface area contributed by atoms with Crippen molar-refractivity contribution in [3.05, 3.63) is 21.6 Å². The summed E-state index contributed by atoms with van der Waals surface area (Å²) in [5.41, 5.74) is 0.502. The summed E-state index contributed by atoms with van der Waals surface area (Å²) in [6.07, 6.45) is -0.0608. The van der Waals surface area contributed by atoms with E-state index in [1.807, 2.05) is 0 Å². The normalized spacial score (nSPS) is 15.6. The highest BCUT2D eigenvalue weighted by atomic mass is 79.9. The van der Waals surface area contributed by atoms with Crippen LogP contribution in [0.25, 0.3) is 0 Å². The van der Waals surface area contributed by atoms with Crippen molar-refractivity contribution in [1.82, 2.24) is 0 Å². The third kappa shape index (κ3) is 2.30. The first kappa shape index (κ1) is 12.4. The number of ketones is 1. The number of halogens is 2. The van der Waals surface area contributed by atoms with Crippen LogP contribution in [0.15, 0.2) is 16.6 Å². The number of Topliss-reactive ketones (excluding diaryl/α,β-unsaturated/α-hetero) is 1. The maximum absolute atomic E-state index is 11.6. The van der Waals surface area contributed by atoms with Gasteiger partial charge >= 0.3 is 0 Å². The van der Waals surface area contributed by atoms with Crippen LogP contribution >= 0.6 is 27.5 Å². The van der Waals surface area contributed by atoms with E-state index in [0.29, 0.717) is 20.9 Å². The minimum absolute atomic E-state index is 0.0608. The molecule has 0 radical (unpaired) electrons. The number of rotatable bonds is 2. The van der Waals surface area contributed by atoms with Gasteiger partial charge in [0, 0.05) is 6.07 Å². The van der Waals surface area contributed by atoms with Crippen LogP contribution in [0, 0.1) is 0 Å². The number of carbonyl (C=O) groups is 2. The van der Waals surface area contributed by atoms with Crippen molar-refractivity contribution >= 4 is 44.9 Å². The summed E-state index contributed by atoms with van der Waals surface area (Å²) < 4.78 is 5.83. The second kappa shape index (κ2) is 4.66. The molecule has 0 aliphatic carbocycles. The Bertz CT molecular complexity index is 504. The molecule has 2 rings (SSSR count). The van der Waals surface area contributed by atoms with E-state index in [1.165, 1.54) is 12.0 Å². The van der Waals surface area contributed by atoms with Gasteiger partial charge in [-0.1, -0.05) is 11.6 Å². The van der Waals surface area contributed by atoms with Crippen LogP contribution in [-0.2, 0) is 9.59 Å². The summed E-state index contributed by atoms with van der Waals surface area (Å²) in [6, 6.07) is 3.29. The number of methoxy groups -OCH3 is 1. The summed E-state index contributed by atoms with van der Waals surface area (Å²) in [6.45, 7) is 0.0728. The second-order valence-electron chi connectivity index (χ2n) is 3.63. The van der Waals surface area contributed by atoms with Crippen molar-refractivity contribution in [1.29, 1.82) is 0 Å². The molecule has 90 valence electrons. The zero-order chi connectivity index (χ0) is 12.6. The summed E-state index contributed by atoms with van der Waals surface area (Å²) in [5.74, 6) is 0.228. The maximum atomic E-state index is 11.6. The molecule has 17 heavy (non-hydrogen) atoms. The molecule has 1 aliphatic rings. The average molecular weight is 319 g/mol. The average Bonchev–Trinajstić information content (AvgIpc) is 2.58. The molecule has 1 heterocycles. The fourth-order valence-corrected chi connectivity index (χ4v) is 2.59. The van der Waals surface area contributed by atoms with E-state index >= 15 is 0 Å². The lowest BCUT2D eigenvalue weighted by molar-refractivity contribution is -0.121.